The Bertz CT molecular complexity index is 707. The summed E-state index contributed by atoms with van der Waals surface area (Å²) < 4.78 is 2.04. The summed E-state index contributed by atoms with van der Waals surface area (Å²) in [6.07, 6.45) is 5.46. The van der Waals surface area contributed by atoms with Crippen LogP contribution < -0.4 is 5.73 Å². The molecule has 0 aliphatic rings. The molecule has 2 rings (SSSR count). The van der Waals surface area contributed by atoms with Gasteiger partial charge in [0.25, 0.3) is 0 Å². The molecule has 0 unspecified atom stereocenters. The van der Waals surface area contributed by atoms with E-state index in [1.54, 1.807) is 0 Å². The van der Waals surface area contributed by atoms with E-state index in [0.717, 1.165) is 37.8 Å². The van der Waals surface area contributed by atoms with Gasteiger partial charge in [0.15, 0.2) is 5.78 Å². The average molecular weight is 341 g/mol. The van der Waals surface area contributed by atoms with E-state index in [4.69, 9.17) is 5.73 Å². The molecule has 0 atom stereocenters. The Morgan fingerprint density at radius 2 is 1.80 bits per heavy atom. The van der Waals surface area contributed by atoms with Crippen LogP contribution in [0.5, 0.6) is 0 Å². The minimum atomic E-state index is -0.177. The topological polar surface area (TPSA) is 48.0 Å². The third-order valence-corrected chi connectivity index (χ3v) is 4.90. The molecule has 0 saturated heterocycles. The molecule has 1 heterocycles. The summed E-state index contributed by atoms with van der Waals surface area (Å²) in [6, 6.07) is 12.5. The van der Waals surface area contributed by atoms with Crippen molar-refractivity contribution in [3.63, 3.8) is 0 Å². The Morgan fingerprint density at radius 3 is 2.48 bits per heavy atom. The normalized spacial score (nSPS) is 11.7. The number of nitrogens with two attached hydrogens (primary N) is 1. The van der Waals surface area contributed by atoms with Crippen LogP contribution in [-0.4, -0.2) is 15.9 Å². The number of unbranched alkanes of at least 4 members (excludes halogenated alkanes) is 1. The summed E-state index contributed by atoms with van der Waals surface area (Å²) in [5, 5.41) is 0. The maximum absolute atomic E-state index is 12.5. The molecule has 1 aromatic carbocycles. The van der Waals surface area contributed by atoms with Crippen LogP contribution in [0.3, 0.4) is 0 Å². The number of aromatic nitrogens is 1. The first-order valence-corrected chi connectivity index (χ1v) is 9.29. The van der Waals surface area contributed by atoms with Gasteiger partial charge in [0, 0.05) is 24.7 Å². The number of aryl methyl sites for hydroxylation is 3. The number of rotatable bonds is 9. The van der Waals surface area contributed by atoms with Crippen molar-refractivity contribution in [2.45, 2.75) is 64.8 Å². The number of carbonyl (C=O) groups is 1. The molecule has 0 fully saturated rings. The number of Topliss-reactive ketones (excluding diaryl/α,β-unsaturated/α-hetero) is 1. The summed E-state index contributed by atoms with van der Waals surface area (Å²) in [5.74, 6) is 0.241. The van der Waals surface area contributed by atoms with E-state index in [1.807, 2.05) is 31.5 Å². The molecule has 0 amide bonds. The van der Waals surface area contributed by atoms with Crippen molar-refractivity contribution >= 4 is 5.78 Å². The second-order valence-corrected chi connectivity index (χ2v) is 7.81. The van der Waals surface area contributed by atoms with Crippen LogP contribution in [0.2, 0.25) is 0 Å². The van der Waals surface area contributed by atoms with Crippen LogP contribution in [0, 0.1) is 6.92 Å². The number of nitrogens with zero attached hydrogens (tertiary/aromatic N) is 1. The molecular weight excluding hydrogens is 308 g/mol. The summed E-state index contributed by atoms with van der Waals surface area (Å²) in [5.41, 5.74) is 10.6. The van der Waals surface area contributed by atoms with Crippen molar-refractivity contribution in [1.82, 2.24) is 4.57 Å². The zero-order chi connectivity index (χ0) is 18.4. The van der Waals surface area contributed by atoms with Crippen molar-refractivity contribution in [3.8, 4) is 0 Å². The third-order valence-electron chi connectivity index (χ3n) is 4.90. The predicted molar refractivity (Wildman–Crippen MR) is 105 cm³/mol. The fourth-order valence-corrected chi connectivity index (χ4v) is 3.15. The molecule has 0 aliphatic carbocycles. The highest BCUT2D eigenvalue weighted by atomic mass is 16.1. The average Bonchev–Trinajstić information content (AvgIpc) is 2.91. The Hall–Kier alpha value is -1.87. The van der Waals surface area contributed by atoms with E-state index < -0.39 is 0 Å². The van der Waals surface area contributed by atoms with Crippen molar-refractivity contribution in [1.29, 1.82) is 0 Å². The number of ketones is 1. The lowest BCUT2D eigenvalue weighted by Crippen LogP contribution is -2.32. The molecule has 3 nitrogen and oxygen atoms in total. The molecule has 2 N–H and O–H groups in total. The highest BCUT2D eigenvalue weighted by Gasteiger charge is 2.15. The van der Waals surface area contributed by atoms with Gasteiger partial charge in [0.05, 0.1) is 5.69 Å². The SMILES string of the molecule is Cc1ccccc1CCCCC(=O)c1ccc(CCC(C)(C)N)n1C. The van der Waals surface area contributed by atoms with Crippen molar-refractivity contribution in [2.75, 3.05) is 0 Å². The molecule has 3 heteroatoms. The lowest BCUT2D eigenvalue weighted by atomic mass is 9.99. The van der Waals surface area contributed by atoms with Gasteiger partial charge in [-0.3, -0.25) is 4.79 Å². The van der Waals surface area contributed by atoms with E-state index in [0.29, 0.717) is 6.42 Å². The fourth-order valence-electron chi connectivity index (χ4n) is 3.15. The second-order valence-electron chi connectivity index (χ2n) is 7.81. The van der Waals surface area contributed by atoms with Gasteiger partial charge in [-0.25, -0.2) is 0 Å². The Morgan fingerprint density at radius 1 is 1.08 bits per heavy atom. The monoisotopic (exact) mass is 340 g/mol. The molecule has 0 aliphatic heterocycles. The van der Waals surface area contributed by atoms with Crippen LogP contribution in [-0.2, 0) is 19.9 Å². The van der Waals surface area contributed by atoms with Crippen LogP contribution in [0.4, 0.5) is 0 Å². The van der Waals surface area contributed by atoms with E-state index in [2.05, 4.69) is 37.3 Å². The summed E-state index contributed by atoms with van der Waals surface area (Å²) in [4.78, 5) is 12.5. The van der Waals surface area contributed by atoms with Crippen molar-refractivity contribution in [3.05, 3.63) is 58.9 Å². The molecule has 0 saturated carbocycles. The lowest BCUT2D eigenvalue weighted by Gasteiger charge is -2.18. The Balaban J connectivity index is 1.83. The van der Waals surface area contributed by atoms with Crippen molar-refractivity contribution in [2.24, 2.45) is 12.8 Å². The minimum Gasteiger partial charge on any atom is -0.345 e. The highest BCUT2D eigenvalue weighted by molar-refractivity contribution is 5.94. The summed E-state index contributed by atoms with van der Waals surface area (Å²) >= 11 is 0. The quantitative estimate of drug-likeness (QED) is 0.536. The number of benzene rings is 1. The first-order chi connectivity index (χ1) is 11.8. The highest BCUT2D eigenvalue weighted by Crippen LogP contribution is 2.17. The molecule has 0 radical (unpaired) electrons. The van der Waals surface area contributed by atoms with Gasteiger partial charge in [-0.1, -0.05) is 24.3 Å². The van der Waals surface area contributed by atoms with Gasteiger partial charge in [0.2, 0.25) is 0 Å². The van der Waals surface area contributed by atoms with Gasteiger partial charge in [-0.2, -0.15) is 0 Å². The van der Waals surface area contributed by atoms with Crippen LogP contribution >= 0.6 is 0 Å². The van der Waals surface area contributed by atoms with E-state index in [1.165, 1.54) is 16.8 Å². The molecule has 0 bridgehead atoms. The minimum absolute atomic E-state index is 0.177. The first kappa shape index (κ1) is 19.5. The van der Waals surface area contributed by atoms with Gasteiger partial charge < -0.3 is 10.3 Å². The standard InChI is InChI=1S/C22H32N2O/c1-17-9-5-6-10-18(17)11-7-8-12-21(25)20-14-13-19(24(20)4)15-16-22(2,3)23/h5-6,9-10,13-14H,7-8,11-12,15-16,23H2,1-4H3. The number of carbonyl (C=O) groups excluding carboxylic acids is 1. The molecule has 25 heavy (non-hydrogen) atoms. The number of hydrogen-bond donors (Lipinski definition) is 1. The predicted octanol–water partition coefficient (Wildman–Crippen LogP) is 4.60. The third kappa shape index (κ3) is 5.86. The van der Waals surface area contributed by atoms with Gasteiger partial charge in [-0.15, -0.1) is 0 Å². The zero-order valence-electron chi connectivity index (χ0n) is 16.1. The van der Waals surface area contributed by atoms with Crippen LogP contribution in [0.15, 0.2) is 36.4 Å². The molecule has 136 valence electrons. The first-order valence-electron chi connectivity index (χ1n) is 9.29. The van der Waals surface area contributed by atoms with Crippen LogP contribution in [0.1, 0.15) is 66.8 Å². The number of hydrogen-bond acceptors (Lipinski definition) is 2. The smallest absolute Gasteiger partial charge is 0.179 e. The van der Waals surface area contributed by atoms with Crippen LogP contribution in [0.25, 0.3) is 0 Å². The van der Waals surface area contributed by atoms with E-state index in [9.17, 15) is 4.79 Å². The molecule has 1 aromatic heterocycles. The van der Waals surface area contributed by atoms with Gasteiger partial charge >= 0.3 is 0 Å². The molecule has 2 aromatic rings. The summed E-state index contributed by atoms with van der Waals surface area (Å²) in [6.45, 7) is 6.22. The Labute approximate surface area is 152 Å². The van der Waals surface area contributed by atoms with Gasteiger partial charge in [-0.05, 0) is 76.1 Å². The largest absolute Gasteiger partial charge is 0.345 e. The van der Waals surface area contributed by atoms with E-state index in [-0.39, 0.29) is 11.3 Å². The molecule has 0 spiro atoms. The second kappa shape index (κ2) is 8.48. The maximum atomic E-state index is 12.5. The Kier molecular flexibility index (Phi) is 6.60. The fraction of sp³-hybridized carbons (Fsp3) is 0.500. The lowest BCUT2D eigenvalue weighted by molar-refractivity contribution is 0.0971. The summed E-state index contributed by atoms with van der Waals surface area (Å²) in [7, 11) is 1.99. The zero-order valence-corrected chi connectivity index (χ0v) is 16.1. The van der Waals surface area contributed by atoms with Crippen molar-refractivity contribution < 1.29 is 4.79 Å². The van der Waals surface area contributed by atoms with Gasteiger partial charge in [0.1, 0.15) is 0 Å². The molecular formula is C22H32N2O. The maximum Gasteiger partial charge on any atom is 0.179 e. The van der Waals surface area contributed by atoms with E-state index >= 15 is 0 Å².